The largest absolute Gasteiger partial charge is 0.160 e. The lowest BCUT2D eigenvalue weighted by molar-refractivity contribution is 0.450. The van der Waals surface area contributed by atoms with Gasteiger partial charge in [0.05, 0.1) is 0 Å². The Balaban J connectivity index is 2.64. The van der Waals surface area contributed by atoms with Crippen LogP contribution in [-0.4, -0.2) is 11.4 Å². The maximum atomic E-state index is 4.57. The first-order chi connectivity index (χ1) is 9.47. The molecule has 0 aromatic heterocycles. The first-order valence-corrected chi connectivity index (χ1v) is 8.56. The van der Waals surface area contributed by atoms with Crippen LogP contribution in [0.3, 0.4) is 0 Å². The predicted molar refractivity (Wildman–Crippen MR) is 90.7 cm³/mol. The van der Waals surface area contributed by atoms with Gasteiger partial charge in [0.25, 0.3) is 0 Å². The molecule has 1 aliphatic rings. The Labute approximate surface area is 126 Å². The Bertz CT molecular complexity index is 331. The Kier molecular flexibility index (Phi) is 7.47. The van der Waals surface area contributed by atoms with Crippen molar-refractivity contribution in [2.24, 2.45) is 21.5 Å². The summed E-state index contributed by atoms with van der Waals surface area (Å²) >= 11 is 0. The molecule has 0 N–H and O–H groups in total. The molecule has 0 spiro atoms. The van der Waals surface area contributed by atoms with Crippen molar-refractivity contribution >= 4 is 11.4 Å². The SMILES string of the molecule is CCCCC(C)(C)/C(C)=N/N=C(\C)C1CCCCCC1. The third-order valence-electron chi connectivity index (χ3n) is 4.94. The summed E-state index contributed by atoms with van der Waals surface area (Å²) in [4.78, 5) is 0. The lowest BCUT2D eigenvalue weighted by Crippen LogP contribution is -2.21. The summed E-state index contributed by atoms with van der Waals surface area (Å²) in [6.45, 7) is 11.1. The highest BCUT2D eigenvalue weighted by Gasteiger charge is 2.21. The van der Waals surface area contributed by atoms with E-state index in [0.717, 1.165) is 0 Å². The topological polar surface area (TPSA) is 24.7 Å². The van der Waals surface area contributed by atoms with Crippen LogP contribution in [0.4, 0.5) is 0 Å². The van der Waals surface area contributed by atoms with E-state index in [9.17, 15) is 0 Å². The van der Waals surface area contributed by atoms with E-state index in [0.29, 0.717) is 5.92 Å². The van der Waals surface area contributed by atoms with Crippen LogP contribution in [0.5, 0.6) is 0 Å². The third kappa shape index (κ3) is 5.76. The number of hydrogen-bond donors (Lipinski definition) is 0. The molecule has 116 valence electrons. The summed E-state index contributed by atoms with van der Waals surface area (Å²) in [5, 5.41) is 9.13. The van der Waals surface area contributed by atoms with Crippen LogP contribution in [0.25, 0.3) is 0 Å². The number of unbranched alkanes of at least 4 members (excludes halogenated alkanes) is 1. The Morgan fingerprint density at radius 3 is 2.15 bits per heavy atom. The zero-order chi connectivity index (χ0) is 15.0. The fraction of sp³-hybridized carbons (Fsp3) is 0.889. The molecule has 0 amide bonds. The van der Waals surface area contributed by atoms with Gasteiger partial charge < -0.3 is 0 Å². The van der Waals surface area contributed by atoms with Gasteiger partial charge in [-0.25, -0.2) is 0 Å². The third-order valence-corrected chi connectivity index (χ3v) is 4.94. The highest BCUT2D eigenvalue weighted by Crippen LogP contribution is 2.26. The minimum atomic E-state index is 0.184. The predicted octanol–water partition coefficient (Wildman–Crippen LogP) is 6.01. The van der Waals surface area contributed by atoms with Gasteiger partial charge in [0, 0.05) is 16.8 Å². The van der Waals surface area contributed by atoms with Crippen molar-refractivity contribution in [2.45, 2.75) is 92.4 Å². The molecule has 0 aromatic carbocycles. The molecule has 0 aliphatic heterocycles. The molecule has 0 unspecified atom stereocenters. The lowest BCUT2D eigenvalue weighted by atomic mass is 9.83. The van der Waals surface area contributed by atoms with Crippen molar-refractivity contribution in [3.8, 4) is 0 Å². The molecule has 1 saturated carbocycles. The molecule has 20 heavy (non-hydrogen) atoms. The Morgan fingerprint density at radius 1 is 1.00 bits per heavy atom. The minimum Gasteiger partial charge on any atom is -0.160 e. The summed E-state index contributed by atoms with van der Waals surface area (Å²) in [6, 6.07) is 0. The quantitative estimate of drug-likeness (QED) is 0.323. The second-order valence-electron chi connectivity index (χ2n) is 7.10. The first-order valence-electron chi connectivity index (χ1n) is 8.56. The second-order valence-corrected chi connectivity index (χ2v) is 7.10. The highest BCUT2D eigenvalue weighted by atomic mass is 15.2. The maximum absolute atomic E-state index is 4.57. The second kappa shape index (κ2) is 8.59. The molecule has 1 aliphatic carbocycles. The van der Waals surface area contributed by atoms with E-state index >= 15 is 0 Å². The molecule has 0 atom stereocenters. The summed E-state index contributed by atoms with van der Waals surface area (Å²) in [5.74, 6) is 0.674. The fourth-order valence-corrected chi connectivity index (χ4v) is 2.87. The molecule has 0 radical (unpaired) electrons. The van der Waals surface area contributed by atoms with Gasteiger partial charge in [0.1, 0.15) is 0 Å². The van der Waals surface area contributed by atoms with Crippen LogP contribution in [-0.2, 0) is 0 Å². The van der Waals surface area contributed by atoms with Gasteiger partial charge in [-0.3, -0.25) is 0 Å². The van der Waals surface area contributed by atoms with Crippen LogP contribution in [0, 0.1) is 11.3 Å². The van der Waals surface area contributed by atoms with Gasteiger partial charge >= 0.3 is 0 Å². The minimum absolute atomic E-state index is 0.184. The number of nitrogens with zero attached hydrogens (tertiary/aromatic N) is 2. The maximum Gasteiger partial charge on any atom is 0.0431 e. The standard InChI is InChI=1S/C18H34N2/c1-6-7-14-18(4,5)16(3)20-19-15(2)17-12-10-8-9-11-13-17/h17H,6-14H2,1-5H3/b19-15+,20-16+. The smallest absolute Gasteiger partial charge is 0.0431 e. The van der Waals surface area contributed by atoms with E-state index in [-0.39, 0.29) is 5.41 Å². The van der Waals surface area contributed by atoms with E-state index in [2.05, 4.69) is 44.8 Å². The van der Waals surface area contributed by atoms with Crippen molar-refractivity contribution in [1.82, 2.24) is 0 Å². The molecule has 0 aromatic rings. The van der Waals surface area contributed by atoms with Gasteiger partial charge in [0.2, 0.25) is 0 Å². The zero-order valence-electron chi connectivity index (χ0n) is 14.3. The van der Waals surface area contributed by atoms with Gasteiger partial charge in [-0.05, 0) is 39.0 Å². The van der Waals surface area contributed by atoms with E-state index in [1.165, 1.54) is 69.2 Å². The van der Waals surface area contributed by atoms with Gasteiger partial charge in [-0.2, -0.15) is 10.2 Å². The summed E-state index contributed by atoms with van der Waals surface area (Å²) in [6.07, 6.45) is 11.9. The Morgan fingerprint density at radius 2 is 1.60 bits per heavy atom. The van der Waals surface area contributed by atoms with Crippen molar-refractivity contribution in [3.63, 3.8) is 0 Å². The van der Waals surface area contributed by atoms with E-state index < -0.39 is 0 Å². The molecule has 1 rings (SSSR count). The zero-order valence-corrected chi connectivity index (χ0v) is 14.3. The van der Waals surface area contributed by atoms with Crippen LogP contribution < -0.4 is 0 Å². The van der Waals surface area contributed by atoms with Gasteiger partial charge in [-0.1, -0.05) is 59.3 Å². The Hall–Kier alpha value is -0.660. The molecule has 2 heteroatoms. The molecule has 2 nitrogen and oxygen atoms in total. The molecular formula is C18H34N2. The molecule has 0 bridgehead atoms. The number of rotatable bonds is 6. The average Bonchev–Trinajstić information content (AvgIpc) is 2.71. The molecule has 0 saturated heterocycles. The number of hydrogen-bond acceptors (Lipinski definition) is 2. The van der Waals surface area contributed by atoms with Crippen molar-refractivity contribution in [1.29, 1.82) is 0 Å². The fourth-order valence-electron chi connectivity index (χ4n) is 2.87. The summed E-state index contributed by atoms with van der Waals surface area (Å²) < 4.78 is 0. The lowest BCUT2D eigenvalue weighted by Gasteiger charge is -2.23. The van der Waals surface area contributed by atoms with Crippen LogP contribution >= 0.6 is 0 Å². The van der Waals surface area contributed by atoms with Crippen LogP contribution in [0.2, 0.25) is 0 Å². The van der Waals surface area contributed by atoms with Crippen molar-refractivity contribution in [3.05, 3.63) is 0 Å². The first kappa shape index (κ1) is 17.4. The van der Waals surface area contributed by atoms with E-state index in [1.54, 1.807) is 0 Å². The summed E-state index contributed by atoms with van der Waals surface area (Å²) in [7, 11) is 0. The van der Waals surface area contributed by atoms with Crippen LogP contribution in [0.1, 0.15) is 92.4 Å². The van der Waals surface area contributed by atoms with Crippen LogP contribution in [0.15, 0.2) is 10.2 Å². The average molecular weight is 278 g/mol. The monoisotopic (exact) mass is 278 g/mol. The molecule has 0 heterocycles. The normalized spacial score (nSPS) is 20.1. The van der Waals surface area contributed by atoms with E-state index in [4.69, 9.17) is 0 Å². The van der Waals surface area contributed by atoms with Gasteiger partial charge in [0.15, 0.2) is 0 Å². The van der Waals surface area contributed by atoms with Crippen molar-refractivity contribution < 1.29 is 0 Å². The molecule has 1 fully saturated rings. The highest BCUT2D eigenvalue weighted by molar-refractivity contribution is 5.89. The molecular weight excluding hydrogens is 244 g/mol. The van der Waals surface area contributed by atoms with Crippen molar-refractivity contribution in [2.75, 3.05) is 0 Å². The van der Waals surface area contributed by atoms with E-state index in [1.807, 2.05) is 0 Å². The summed E-state index contributed by atoms with van der Waals surface area (Å²) in [5.41, 5.74) is 2.61. The van der Waals surface area contributed by atoms with Gasteiger partial charge in [-0.15, -0.1) is 0 Å².